The van der Waals surface area contributed by atoms with Crippen LogP contribution in [0.15, 0.2) is 12.1 Å². The molecule has 0 radical (unpaired) electrons. The molecule has 6 nitrogen and oxygen atoms in total. The standard InChI is InChI=1S/C18H26N2O4S/c1-23-13-7-3-5-11(13)19-17(21)15-9-10-16(25-15)18(22)20-12-6-4-8-14(12)24-2/h9-14H,3-8H2,1-2H3,(H,19,21)(H,20,22)/t11-,12-,13-,14+/m0/s1. The zero-order valence-electron chi connectivity index (χ0n) is 14.7. The van der Waals surface area contributed by atoms with Gasteiger partial charge in [0.15, 0.2) is 0 Å². The minimum Gasteiger partial charge on any atom is -0.379 e. The highest BCUT2D eigenvalue weighted by Crippen LogP contribution is 2.25. The van der Waals surface area contributed by atoms with Crippen LogP contribution in [0.1, 0.15) is 57.9 Å². The van der Waals surface area contributed by atoms with Gasteiger partial charge in [0.2, 0.25) is 0 Å². The Balaban J connectivity index is 1.57. The molecule has 2 amide bonds. The smallest absolute Gasteiger partial charge is 0.261 e. The van der Waals surface area contributed by atoms with Crippen molar-refractivity contribution in [1.82, 2.24) is 10.6 Å². The van der Waals surface area contributed by atoms with Crippen LogP contribution in [0.25, 0.3) is 0 Å². The minimum atomic E-state index is -0.131. The second-order valence-electron chi connectivity index (χ2n) is 6.73. The first-order valence-electron chi connectivity index (χ1n) is 8.89. The average Bonchev–Trinajstić information content (AvgIpc) is 3.34. The molecule has 25 heavy (non-hydrogen) atoms. The maximum absolute atomic E-state index is 12.4. The van der Waals surface area contributed by atoms with Crippen molar-refractivity contribution < 1.29 is 19.1 Å². The lowest BCUT2D eigenvalue weighted by Gasteiger charge is -2.19. The molecular weight excluding hydrogens is 340 g/mol. The van der Waals surface area contributed by atoms with Crippen molar-refractivity contribution in [3.05, 3.63) is 21.9 Å². The molecule has 2 N–H and O–H groups in total. The summed E-state index contributed by atoms with van der Waals surface area (Å²) in [4.78, 5) is 26.0. The molecule has 2 aliphatic carbocycles. The average molecular weight is 366 g/mol. The van der Waals surface area contributed by atoms with Gasteiger partial charge in [0.05, 0.1) is 34.0 Å². The highest BCUT2D eigenvalue weighted by atomic mass is 32.1. The molecule has 2 fully saturated rings. The Labute approximate surface area is 152 Å². The van der Waals surface area contributed by atoms with Gasteiger partial charge >= 0.3 is 0 Å². The number of hydrogen-bond donors (Lipinski definition) is 2. The zero-order chi connectivity index (χ0) is 17.8. The molecule has 1 aromatic rings. The minimum absolute atomic E-state index is 0.0535. The molecule has 3 rings (SSSR count). The number of amides is 2. The third-order valence-corrected chi connectivity index (χ3v) is 6.28. The summed E-state index contributed by atoms with van der Waals surface area (Å²) in [6.07, 6.45) is 6.10. The van der Waals surface area contributed by atoms with E-state index in [9.17, 15) is 9.59 Å². The van der Waals surface area contributed by atoms with Gasteiger partial charge in [-0.2, -0.15) is 0 Å². The zero-order valence-corrected chi connectivity index (χ0v) is 15.6. The van der Waals surface area contributed by atoms with Crippen LogP contribution in [0.5, 0.6) is 0 Å². The van der Waals surface area contributed by atoms with Crippen LogP contribution in [0.2, 0.25) is 0 Å². The lowest BCUT2D eigenvalue weighted by molar-refractivity contribution is 0.0723. The number of thiophene rings is 1. The Kier molecular flexibility index (Phi) is 6.09. The summed E-state index contributed by atoms with van der Waals surface area (Å²) < 4.78 is 10.8. The van der Waals surface area contributed by atoms with Crippen molar-refractivity contribution >= 4 is 23.2 Å². The molecule has 0 aliphatic heterocycles. The molecule has 0 bridgehead atoms. The fourth-order valence-corrected chi connectivity index (χ4v) is 4.62. The van der Waals surface area contributed by atoms with Crippen LogP contribution >= 0.6 is 11.3 Å². The van der Waals surface area contributed by atoms with Crippen LogP contribution in [0, 0.1) is 0 Å². The van der Waals surface area contributed by atoms with E-state index in [0.717, 1.165) is 38.5 Å². The summed E-state index contributed by atoms with van der Waals surface area (Å²) in [5.41, 5.74) is 0. The molecule has 7 heteroatoms. The predicted molar refractivity (Wildman–Crippen MR) is 96.1 cm³/mol. The van der Waals surface area contributed by atoms with Gasteiger partial charge in [-0.25, -0.2) is 0 Å². The Bertz CT molecular complexity index is 567. The van der Waals surface area contributed by atoms with Crippen molar-refractivity contribution in [2.75, 3.05) is 14.2 Å². The summed E-state index contributed by atoms with van der Waals surface area (Å²) in [5.74, 6) is -0.262. The van der Waals surface area contributed by atoms with E-state index in [2.05, 4.69) is 10.6 Å². The van der Waals surface area contributed by atoms with Gasteiger partial charge in [-0.05, 0) is 50.7 Å². The summed E-state index contributed by atoms with van der Waals surface area (Å²) in [6, 6.07) is 3.54. The molecule has 2 aliphatic rings. The van der Waals surface area contributed by atoms with Crippen molar-refractivity contribution in [2.24, 2.45) is 0 Å². The van der Waals surface area contributed by atoms with E-state index >= 15 is 0 Å². The molecule has 1 aromatic heterocycles. The lowest BCUT2D eigenvalue weighted by Crippen LogP contribution is -2.40. The van der Waals surface area contributed by atoms with Crippen LogP contribution in [0.4, 0.5) is 0 Å². The monoisotopic (exact) mass is 366 g/mol. The Morgan fingerprint density at radius 2 is 1.32 bits per heavy atom. The van der Waals surface area contributed by atoms with E-state index in [1.54, 1.807) is 26.4 Å². The van der Waals surface area contributed by atoms with Crippen LogP contribution in [-0.4, -0.2) is 50.3 Å². The van der Waals surface area contributed by atoms with Crippen LogP contribution in [0.3, 0.4) is 0 Å². The summed E-state index contributed by atoms with van der Waals surface area (Å²) >= 11 is 1.23. The van der Waals surface area contributed by atoms with E-state index in [1.807, 2.05) is 0 Å². The first-order valence-corrected chi connectivity index (χ1v) is 9.71. The van der Waals surface area contributed by atoms with Gasteiger partial charge < -0.3 is 20.1 Å². The second kappa shape index (κ2) is 8.29. The molecule has 138 valence electrons. The molecule has 2 saturated carbocycles. The second-order valence-corrected chi connectivity index (χ2v) is 7.82. The quantitative estimate of drug-likeness (QED) is 0.810. The summed E-state index contributed by atoms with van der Waals surface area (Å²) in [6.45, 7) is 0. The molecule has 0 saturated heterocycles. The molecular formula is C18H26N2O4S. The van der Waals surface area contributed by atoms with Gasteiger partial charge in [-0.1, -0.05) is 0 Å². The number of carbonyl (C=O) groups is 2. The highest BCUT2D eigenvalue weighted by molar-refractivity contribution is 7.15. The lowest BCUT2D eigenvalue weighted by atomic mass is 10.2. The van der Waals surface area contributed by atoms with E-state index in [1.165, 1.54) is 11.3 Å². The number of methoxy groups -OCH3 is 2. The third kappa shape index (κ3) is 4.22. The Morgan fingerprint density at radius 1 is 0.880 bits per heavy atom. The highest BCUT2D eigenvalue weighted by Gasteiger charge is 2.30. The maximum atomic E-state index is 12.4. The topological polar surface area (TPSA) is 76.7 Å². The van der Waals surface area contributed by atoms with E-state index in [-0.39, 0.29) is 36.1 Å². The van der Waals surface area contributed by atoms with Gasteiger partial charge in [0.25, 0.3) is 11.8 Å². The van der Waals surface area contributed by atoms with Gasteiger partial charge in [0, 0.05) is 14.2 Å². The SMILES string of the molecule is CO[C@H]1CCC[C@@H]1NC(=O)c1ccc(C(=O)N[C@H]2CCC[C@H]2OC)s1. The number of ether oxygens (including phenoxy) is 2. The first kappa shape index (κ1) is 18.4. The van der Waals surface area contributed by atoms with Crippen molar-refractivity contribution in [3.63, 3.8) is 0 Å². The third-order valence-electron chi connectivity index (χ3n) is 5.20. The number of hydrogen-bond acceptors (Lipinski definition) is 5. The van der Waals surface area contributed by atoms with E-state index in [0.29, 0.717) is 9.75 Å². The van der Waals surface area contributed by atoms with Crippen molar-refractivity contribution in [1.29, 1.82) is 0 Å². The number of rotatable bonds is 6. The van der Waals surface area contributed by atoms with Crippen molar-refractivity contribution in [3.8, 4) is 0 Å². The fraction of sp³-hybridized carbons (Fsp3) is 0.667. The largest absolute Gasteiger partial charge is 0.379 e. The molecule has 0 aromatic carbocycles. The summed E-state index contributed by atoms with van der Waals surface area (Å²) in [5, 5.41) is 6.07. The van der Waals surface area contributed by atoms with E-state index < -0.39 is 0 Å². The fourth-order valence-electron chi connectivity index (χ4n) is 3.81. The molecule has 0 spiro atoms. The first-order chi connectivity index (χ1) is 12.1. The van der Waals surface area contributed by atoms with E-state index in [4.69, 9.17) is 9.47 Å². The predicted octanol–water partition coefficient (Wildman–Crippen LogP) is 2.34. The van der Waals surface area contributed by atoms with Gasteiger partial charge in [0.1, 0.15) is 0 Å². The van der Waals surface area contributed by atoms with Crippen molar-refractivity contribution in [2.45, 2.75) is 62.8 Å². The van der Waals surface area contributed by atoms with Gasteiger partial charge in [-0.15, -0.1) is 11.3 Å². The van der Waals surface area contributed by atoms with Crippen LogP contribution < -0.4 is 10.6 Å². The molecule has 0 unspecified atom stereocenters. The number of nitrogens with one attached hydrogen (secondary N) is 2. The van der Waals surface area contributed by atoms with Crippen LogP contribution in [-0.2, 0) is 9.47 Å². The normalized spacial score (nSPS) is 28.9. The molecule has 1 heterocycles. The number of carbonyl (C=O) groups excluding carboxylic acids is 2. The maximum Gasteiger partial charge on any atom is 0.261 e. The Hall–Kier alpha value is -1.44. The Morgan fingerprint density at radius 3 is 1.72 bits per heavy atom. The summed E-state index contributed by atoms with van der Waals surface area (Å²) in [7, 11) is 3.36. The molecule has 4 atom stereocenters. The van der Waals surface area contributed by atoms with Gasteiger partial charge in [-0.3, -0.25) is 9.59 Å².